The zero-order valence-electron chi connectivity index (χ0n) is 21.3. The lowest BCUT2D eigenvalue weighted by Crippen LogP contribution is -2.32. The van der Waals surface area contributed by atoms with Gasteiger partial charge in [0, 0.05) is 22.7 Å². The Kier molecular flexibility index (Phi) is 7.53. The predicted molar refractivity (Wildman–Crippen MR) is 153 cm³/mol. The van der Waals surface area contributed by atoms with Crippen molar-refractivity contribution in [3.63, 3.8) is 0 Å². The van der Waals surface area contributed by atoms with E-state index in [9.17, 15) is 4.57 Å². The molecule has 2 N–H and O–H groups in total. The van der Waals surface area contributed by atoms with Gasteiger partial charge in [0.05, 0.1) is 12.8 Å². The number of anilines is 4. The monoisotopic (exact) mass is 534 g/mol. The normalized spacial score (nSPS) is 18.1. The third kappa shape index (κ3) is 5.99. The lowest BCUT2D eigenvalue weighted by molar-refractivity contribution is 0.222. The molecule has 0 radical (unpaired) electrons. The Hall–Kier alpha value is -2.91. The van der Waals surface area contributed by atoms with Crippen molar-refractivity contribution in [2.24, 2.45) is 0 Å². The largest absolute Gasteiger partial charge is 0.338 e. The van der Waals surface area contributed by atoms with Gasteiger partial charge in [-0.15, -0.1) is 0 Å². The SMILES string of the molecule is [C-]#[N+]c1ccc(Nc2nc(Nc3ccc4c(c3)CC[C@@H](N3CCCC3)CC4)ncc2Cl)c(P(C)(C)=O)c1. The number of nitrogens with zero attached hydrogens (tertiary/aromatic N) is 4. The van der Waals surface area contributed by atoms with Crippen LogP contribution in [0.15, 0.2) is 42.6 Å². The number of rotatable bonds is 6. The van der Waals surface area contributed by atoms with E-state index < -0.39 is 7.14 Å². The van der Waals surface area contributed by atoms with Gasteiger partial charge in [0.1, 0.15) is 12.2 Å². The summed E-state index contributed by atoms with van der Waals surface area (Å²) >= 11 is 6.42. The Morgan fingerprint density at radius 2 is 1.81 bits per heavy atom. The quantitative estimate of drug-likeness (QED) is 0.207. The predicted octanol–water partition coefficient (Wildman–Crippen LogP) is 6.76. The minimum absolute atomic E-state index is 0.350. The van der Waals surface area contributed by atoms with Crippen LogP contribution >= 0.6 is 18.7 Å². The number of benzene rings is 2. The fraction of sp³-hybridized carbons (Fsp3) is 0.393. The van der Waals surface area contributed by atoms with Crippen molar-refractivity contribution < 1.29 is 4.57 Å². The number of likely N-dealkylation sites (tertiary alicyclic amines) is 1. The van der Waals surface area contributed by atoms with E-state index in [2.05, 4.69) is 48.5 Å². The van der Waals surface area contributed by atoms with Crippen LogP contribution in [0.3, 0.4) is 0 Å². The van der Waals surface area contributed by atoms with Gasteiger partial charge < -0.3 is 20.1 Å². The van der Waals surface area contributed by atoms with Crippen LogP contribution in [0.5, 0.6) is 0 Å². The van der Waals surface area contributed by atoms with Crippen molar-refractivity contribution in [1.29, 1.82) is 0 Å². The van der Waals surface area contributed by atoms with Gasteiger partial charge in [0.15, 0.2) is 11.5 Å². The van der Waals surface area contributed by atoms with Crippen LogP contribution < -0.4 is 15.9 Å². The fourth-order valence-electron chi connectivity index (χ4n) is 5.35. The number of aryl methyl sites for hydroxylation is 2. The second-order valence-electron chi connectivity index (χ2n) is 10.3. The molecule has 1 aliphatic carbocycles. The molecule has 9 heteroatoms. The highest BCUT2D eigenvalue weighted by atomic mass is 35.5. The first kappa shape index (κ1) is 25.7. The molecule has 2 aliphatic rings. The highest BCUT2D eigenvalue weighted by Crippen LogP contribution is 2.40. The van der Waals surface area contributed by atoms with Gasteiger partial charge in [-0.3, -0.25) is 0 Å². The van der Waals surface area contributed by atoms with Crippen LogP contribution in [0.25, 0.3) is 4.85 Å². The molecule has 0 unspecified atom stereocenters. The summed E-state index contributed by atoms with van der Waals surface area (Å²) in [5.74, 6) is 0.832. The Labute approximate surface area is 223 Å². The lowest BCUT2D eigenvalue weighted by atomic mass is 10.0. The van der Waals surface area contributed by atoms with E-state index in [0.29, 0.717) is 39.5 Å². The average Bonchev–Trinajstić information content (AvgIpc) is 3.33. The van der Waals surface area contributed by atoms with E-state index in [0.717, 1.165) is 18.5 Å². The van der Waals surface area contributed by atoms with Crippen LogP contribution in [0.1, 0.15) is 36.8 Å². The summed E-state index contributed by atoms with van der Waals surface area (Å²) in [7, 11) is -2.65. The van der Waals surface area contributed by atoms with Gasteiger partial charge in [-0.25, -0.2) is 9.83 Å². The number of nitrogens with one attached hydrogen (secondary N) is 2. The standard InChI is InChI=1S/C28H32ClN6OP/c1-30-21-10-13-25(26(17-21)37(2,3)36)33-27-24(29)18-31-28(34-27)32-22-9-6-19-7-11-23(12-8-20(19)16-22)35-14-4-5-15-35/h6,9-10,13,16-18,23H,4-5,7-8,11-12,14-15H2,2-3H3,(H2,31,32,33,34)/t23-/m0/s1. The first-order valence-electron chi connectivity index (χ1n) is 12.8. The molecule has 0 spiro atoms. The van der Waals surface area contributed by atoms with Gasteiger partial charge in [-0.1, -0.05) is 23.7 Å². The van der Waals surface area contributed by atoms with E-state index in [1.165, 1.54) is 49.9 Å². The summed E-state index contributed by atoms with van der Waals surface area (Å²) in [6, 6.07) is 12.3. The molecule has 1 atom stereocenters. The van der Waals surface area contributed by atoms with E-state index in [1.807, 2.05) is 0 Å². The molecule has 0 saturated carbocycles. The third-order valence-electron chi connectivity index (χ3n) is 7.30. The van der Waals surface area contributed by atoms with Gasteiger partial charge in [-0.2, -0.15) is 4.98 Å². The molecule has 1 aliphatic heterocycles. The highest BCUT2D eigenvalue weighted by molar-refractivity contribution is 7.70. The molecule has 192 valence electrons. The maximum Gasteiger partial charge on any atom is 0.229 e. The molecule has 2 aromatic carbocycles. The summed E-state index contributed by atoms with van der Waals surface area (Å²) in [6.07, 6.45) is 8.85. The Morgan fingerprint density at radius 1 is 1.05 bits per heavy atom. The number of hydrogen-bond acceptors (Lipinski definition) is 6. The zero-order chi connectivity index (χ0) is 26.0. The minimum atomic E-state index is -2.65. The van der Waals surface area contributed by atoms with Crippen LogP contribution in [0, 0.1) is 6.57 Å². The van der Waals surface area contributed by atoms with Crippen LogP contribution in [-0.2, 0) is 17.4 Å². The maximum absolute atomic E-state index is 12.9. The number of fused-ring (bicyclic) bond motifs is 1. The van der Waals surface area contributed by atoms with Crippen LogP contribution in [0.4, 0.5) is 28.8 Å². The summed E-state index contributed by atoms with van der Waals surface area (Å²) in [4.78, 5) is 15.1. The Morgan fingerprint density at radius 3 is 2.54 bits per heavy atom. The van der Waals surface area contributed by atoms with Crippen molar-refractivity contribution in [3.05, 3.63) is 70.2 Å². The molecule has 2 heterocycles. The molecule has 0 bridgehead atoms. The Bertz CT molecular complexity index is 1390. The van der Waals surface area contributed by atoms with Gasteiger partial charge in [0.25, 0.3) is 0 Å². The van der Waals surface area contributed by atoms with Gasteiger partial charge in [0.2, 0.25) is 5.95 Å². The van der Waals surface area contributed by atoms with E-state index in [-0.39, 0.29) is 0 Å². The molecular formula is C28H32ClN6OP. The molecule has 7 nitrogen and oxygen atoms in total. The molecule has 3 aromatic rings. The third-order valence-corrected chi connectivity index (χ3v) is 9.11. The molecule has 37 heavy (non-hydrogen) atoms. The lowest BCUT2D eigenvalue weighted by Gasteiger charge is -2.25. The number of hydrogen-bond donors (Lipinski definition) is 2. The van der Waals surface area contributed by atoms with Crippen molar-refractivity contribution >= 4 is 52.9 Å². The molecule has 0 amide bonds. The number of halogens is 1. The average molecular weight is 535 g/mol. The van der Waals surface area contributed by atoms with Crippen LogP contribution in [0.2, 0.25) is 5.02 Å². The molecule has 5 rings (SSSR count). The van der Waals surface area contributed by atoms with E-state index >= 15 is 0 Å². The van der Waals surface area contributed by atoms with Crippen molar-refractivity contribution in [1.82, 2.24) is 14.9 Å². The van der Waals surface area contributed by atoms with Gasteiger partial charge >= 0.3 is 0 Å². The highest BCUT2D eigenvalue weighted by Gasteiger charge is 2.24. The topological polar surface area (TPSA) is 74.5 Å². The second kappa shape index (κ2) is 10.8. The first-order chi connectivity index (χ1) is 17.8. The molecule has 1 fully saturated rings. The zero-order valence-corrected chi connectivity index (χ0v) is 22.9. The fourth-order valence-corrected chi connectivity index (χ4v) is 6.65. The Balaban J connectivity index is 1.34. The van der Waals surface area contributed by atoms with E-state index in [1.54, 1.807) is 37.7 Å². The summed E-state index contributed by atoms with van der Waals surface area (Å²) in [5, 5.41) is 7.48. The minimum Gasteiger partial charge on any atom is -0.338 e. The second-order valence-corrected chi connectivity index (χ2v) is 13.9. The van der Waals surface area contributed by atoms with Crippen molar-refractivity contribution in [2.45, 2.75) is 44.6 Å². The molecule has 1 saturated heterocycles. The van der Waals surface area contributed by atoms with Crippen LogP contribution in [-0.4, -0.2) is 47.3 Å². The molecular weight excluding hydrogens is 503 g/mol. The number of aromatic nitrogens is 2. The van der Waals surface area contributed by atoms with Crippen molar-refractivity contribution in [2.75, 3.05) is 37.1 Å². The first-order valence-corrected chi connectivity index (χ1v) is 15.8. The molecule has 1 aromatic heterocycles. The maximum atomic E-state index is 12.9. The smallest absolute Gasteiger partial charge is 0.229 e. The van der Waals surface area contributed by atoms with Crippen molar-refractivity contribution in [3.8, 4) is 0 Å². The summed E-state index contributed by atoms with van der Waals surface area (Å²) in [5.41, 5.74) is 4.83. The van der Waals surface area contributed by atoms with Gasteiger partial charge in [-0.05, 0) is 100 Å². The summed E-state index contributed by atoms with van der Waals surface area (Å²) < 4.78 is 12.9. The van der Waals surface area contributed by atoms with E-state index in [4.69, 9.17) is 18.2 Å². The summed E-state index contributed by atoms with van der Waals surface area (Å²) in [6.45, 7) is 13.1.